The summed E-state index contributed by atoms with van der Waals surface area (Å²) in [5.41, 5.74) is 6.18. The maximum Gasteiger partial charge on any atom is 0.130 e. The van der Waals surface area contributed by atoms with Crippen molar-refractivity contribution < 1.29 is 4.74 Å². The van der Waals surface area contributed by atoms with Crippen LogP contribution in [0.2, 0.25) is 0 Å². The van der Waals surface area contributed by atoms with Gasteiger partial charge in [0.25, 0.3) is 0 Å². The Morgan fingerprint density at radius 2 is 1.39 bits per heavy atom. The van der Waals surface area contributed by atoms with Crippen molar-refractivity contribution in [2.45, 2.75) is 34.6 Å². The highest BCUT2D eigenvalue weighted by molar-refractivity contribution is 5.47. The van der Waals surface area contributed by atoms with Crippen molar-refractivity contribution >= 4 is 0 Å². The third kappa shape index (κ3) is 2.40. The van der Waals surface area contributed by atoms with E-state index in [2.05, 4.69) is 52.8 Å². The number of aryl methyl sites for hydroxylation is 3. The molecule has 0 N–H and O–H groups in total. The maximum atomic E-state index is 6.08. The number of hydrogen-bond acceptors (Lipinski definition) is 1. The highest BCUT2D eigenvalue weighted by Gasteiger charge is 2.07. The van der Waals surface area contributed by atoms with Crippen LogP contribution in [0.4, 0.5) is 0 Å². The van der Waals surface area contributed by atoms with Gasteiger partial charge in [0.2, 0.25) is 0 Å². The van der Waals surface area contributed by atoms with Gasteiger partial charge < -0.3 is 4.74 Å². The van der Waals surface area contributed by atoms with E-state index in [9.17, 15) is 0 Å². The van der Waals surface area contributed by atoms with Crippen molar-refractivity contribution in [1.82, 2.24) is 0 Å². The smallest absolute Gasteiger partial charge is 0.130 e. The monoisotopic (exact) mass is 240 g/mol. The summed E-state index contributed by atoms with van der Waals surface area (Å²) in [4.78, 5) is 0. The Hall–Kier alpha value is -1.76. The minimum atomic E-state index is 0.947. The fraction of sp³-hybridized carbons (Fsp3) is 0.294. The van der Waals surface area contributed by atoms with Crippen LogP contribution < -0.4 is 4.74 Å². The molecule has 0 aliphatic carbocycles. The van der Waals surface area contributed by atoms with E-state index in [0.717, 1.165) is 11.5 Å². The lowest BCUT2D eigenvalue weighted by Gasteiger charge is -2.14. The second kappa shape index (κ2) is 4.85. The third-order valence-corrected chi connectivity index (χ3v) is 3.54. The van der Waals surface area contributed by atoms with E-state index in [1.165, 1.54) is 27.8 Å². The summed E-state index contributed by atoms with van der Waals surface area (Å²) in [6.45, 7) is 10.5. The van der Waals surface area contributed by atoms with Gasteiger partial charge in [0.05, 0.1) is 0 Å². The van der Waals surface area contributed by atoms with Gasteiger partial charge in [0.15, 0.2) is 0 Å². The second-order valence-corrected chi connectivity index (χ2v) is 5.01. The van der Waals surface area contributed by atoms with Gasteiger partial charge in [-0.2, -0.15) is 0 Å². The first-order valence-electron chi connectivity index (χ1n) is 6.31. The first-order valence-corrected chi connectivity index (χ1v) is 6.31. The molecule has 2 rings (SSSR count). The molecule has 2 aromatic carbocycles. The molecule has 1 heteroatoms. The van der Waals surface area contributed by atoms with E-state index in [4.69, 9.17) is 4.74 Å². The predicted octanol–water partition coefficient (Wildman–Crippen LogP) is 5.02. The lowest BCUT2D eigenvalue weighted by molar-refractivity contribution is 0.474. The van der Waals surface area contributed by atoms with E-state index in [-0.39, 0.29) is 0 Å². The number of hydrogen-bond donors (Lipinski definition) is 0. The minimum Gasteiger partial charge on any atom is -0.457 e. The van der Waals surface area contributed by atoms with Gasteiger partial charge in [-0.15, -0.1) is 0 Å². The maximum absolute atomic E-state index is 6.08. The van der Waals surface area contributed by atoms with Crippen LogP contribution in [0.25, 0.3) is 0 Å². The van der Waals surface area contributed by atoms with E-state index < -0.39 is 0 Å². The van der Waals surface area contributed by atoms with Gasteiger partial charge in [-0.05, 0) is 74.6 Å². The number of benzene rings is 2. The largest absolute Gasteiger partial charge is 0.457 e. The van der Waals surface area contributed by atoms with Crippen LogP contribution in [0.3, 0.4) is 0 Å². The molecule has 0 bridgehead atoms. The van der Waals surface area contributed by atoms with Crippen molar-refractivity contribution in [3.05, 3.63) is 58.1 Å². The molecular formula is C17H20O. The predicted molar refractivity (Wildman–Crippen MR) is 76.6 cm³/mol. The van der Waals surface area contributed by atoms with Crippen LogP contribution in [-0.4, -0.2) is 0 Å². The number of rotatable bonds is 2. The lowest BCUT2D eigenvalue weighted by Crippen LogP contribution is -1.94. The quantitative estimate of drug-likeness (QED) is 0.716. The van der Waals surface area contributed by atoms with Gasteiger partial charge in [-0.3, -0.25) is 0 Å². The van der Waals surface area contributed by atoms with E-state index in [1.807, 2.05) is 12.1 Å². The first kappa shape index (κ1) is 12.7. The molecule has 0 amide bonds. The Morgan fingerprint density at radius 1 is 0.722 bits per heavy atom. The van der Waals surface area contributed by atoms with Gasteiger partial charge in [0, 0.05) is 0 Å². The molecule has 0 heterocycles. The van der Waals surface area contributed by atoms with Crippen LogP contribution in [0, 0.1) is 34.6 Å². The SMILES string of the molecule is Cc1cc(C)c(C)c(Oc2cccc(C)c2C)c1. The summed E-state index contributed by atoms with van der Waals surface area (Å²) in [6, 6.07) is 10.5. The molecule has 0 saturated heterocycles. The molecule has 0 aliphatic rings. The van der Waals surface area contributed by atoms with Crippen LogP contribution in [0.15, 0.2) is 30.3 Å². The summed E-state index contributed by atoms with van der Waals surface area (Å²) in [5.74, 6) is 1.91. The molecule has 0 unspecified atom stereocenters. The van der Waals surface area contributed by atoms with Crippen molar-refractivity contribution in [2.24, 2.45) is 0 Å². The number of ether oxygens (including phenoxy) is 1. The van der Waals surface area contributed by atoms with Gasteiger partial charge >= 0.3 is 0 Å². The van der Waals surface area contributed by atoms with Gasteiger partial charge in [0.1, 0.15) is 11.5 Å². The molecule has 0 saturated carbocycles. The third-order valence-electron chi connectivity index (χ3n) is 3.54. The molecule has 0 spiro atoms. The Balaban J connectivity index is 2.43. The van der Waals surface area contributed by atoms with Crippen LogP contribution in [0.1, 0.15) is 27.8 Å². The summed E-state index contributed by atoms with van der Waals surface area (Å²) in [7, 11) is 0. The molecule has 2 aromatic rings. The molecular weight excluding hydrogens is 220 g/mol. The van der Waals surface area contributed by atoms with E-state index >= 15 is 0 Å². The zero-order valence-corrected chi connectivity index (χ0v) is 11.8. The molecule has 94 valence electrons. The van der Waals surface area contributed by atoms with Crippen molar-refractivity contribution in [3.63, 3.8) is 0 Å². The van der Waals surface area contributed by atoms with Crippen molar-refractivity contribution in [2.75, 3.05) is 0 Å². The van der Waals surface area contributed by atoms with Crippen LogP contribution in [0.5, 0.6) is 11.5 Å². The Morgan fingerprint density at radius 3 is 2.11 bits per heavy atom. The molecule has 0 radical (unpaired) electrons. The van der Waals surface area contributed by atoms with E-state index in [0.29, 0.717) is 0 Å². The zero-order chi connectivity index (χ0) is 13.3. The topological polar surface area (TPSA) is 9.23 Å². The summed E-state index contributed by atoms with van der Waals surface area (Å²) >= 11 is 0. The minimum absolute atomic E-state index is 0.947. The summed E-state index contributed by atoms with van der Waals surface area (Å²) < 4.78 is 6.08. The van der Waals surface area contributed by atoms with Crippen LogP contribution in [-0.2, 0) is 0 Å². The normalized spacial score (nSPS) is 10.5. The van der Waals surface area contributed by atoms with Crippen LogP contribution >= 0.6 is 0 Å². The average molecular weight is 240 g/mol. The Labute approximate surface area is 109 Å². The lowest BCUT2D eigenvalue weighted by atomic mass is 10.1. The van der Waals surface area contributed by atoms with Crippen molar-refractivity contribution in [3.8, 4) is 11.5 Å². The molecule has 1 nitrogen and oxygen atoms in total. The van der Waals surface area contributed by atoms with Gasteiger partial charge in [-0.25, -0.2) is 0 Å². The molecule has 18 heavy (non-hydrogen) atoms. The summed E-state index contributed by atoms with van der Waals surface area (Å²) in [5, 5.41) is 0. The fourth-order valence-electron chi connectivity index (χ4n) is 2.06. The van der Waals surface area contributed by atoms with Gasteiger partial charge in [-0.1, -0.05) is 18.2 Å². The molecule has 0 aromatic heterocycles. The highest BCUT2D eigenvalue weighted by Crippen LogP contribution is 2.31. The molecule has 0 aliphatic heterocycles. The first-order chi connectivity index (χ1) is 8.49. The Kier molecular flexibility index (Phi) is 3.42. The highest BCUT2D eigenvalue weighted by atomic mass is 16.5. The summed E-state index contributed by atoms with van der Waals surface area (Å²) in [6.07, 6.45) is 0. The molecule has 0 fully saturated rings. The molecule has 0 atom stereocenters. The Bertz CT molecular complexity index is 582. The zero-order valence-electron chi connectivity index (χ0n) is 11.8. The average Bonchev–Trinajstić information content (AvgIpc) is 2.31. The fourth-order valence-corrected chi connectivity index (χ4v) is 2.06. The second-order valence-electron chi connectivity index (χ2n) is 5.01. The van der Waals surface area contributed by atoms with E-state index in [1.54, 1.807) is 0 Å². The standard InChI is InChI=1S/C17H20O/c1-11-9-13(3)15(5)17(10-11)18-16-8-6-7-12(2)14(16)4/h6-10H,1-5H3. The van der Waals surface area contributed by atoms with Crippen molar-refractivity contribution in [1.29, 1.82) is 0 Å².